The molecule has 0 amide bonds. The third-order valence-corrected chi connectivity index (χ3v) is 5.30. The molecule has 1 saturated heterocycles. The van der Waals surface area contributed by atoms with Crippen LogP contribution in [0.1, 0.15) is 13.3 Å². The highest BCUT2D eigenvalue weighted by Crippen LogP contribution is 2.29. The first-order valence-electron chi connectivity index (χ1n) is 6.83. The third-order valence-electron chi connectivity index (χ3n) is 3.53. The summed E-state index contributed by atoms with van der Waals surface area (Å²) in [5.74, 6) is -0.913. The number of aliphatic carboxylic acids is 1. The second-order valence-corrected chi connectivity index (χ2v) is 7.14. The van der Waals surface area contributed by atoms with Crippen molar-refractivity contribution in [2.75, 3.05) is 30.4 Å². The molecule has 1 aromatic carbocycles. The topological polar surface area (TPSA) is 83.9 Å². The van der Waals surface area contributed by atoms with E-state index in [9.17, 15) is 13.2 Å². The van der Waals surface area contributed by atoms with E-state index in [0.29, 0.717) is 18.8 Å². The molecule has 1 fully saturated rings. The zero-order valence-corrected chi connectivity index (χ0v) is 12.7. The molecule has 0 saturated carbocycles. The summed E-state index contributed by atoms with van der Waals surface area (Å²) in [6.45, 7) is 2.82. The number of para-hydroxylation sites is 1. The van der Waals surface area contributed by atoms with Crippen molar-refractivity contribution in [3.05, 3.63) is 24.3 Å². The first-order chi connectivity index (χ1) is 9.95. The van der Waals surface area contributed by atoms with Gasteiger partial charge in [0.1, 0.15) is 0 Å². The fourth-order valence-corrected chi connectivity index (χ4v) is 3.56. The molecule has 1 unspecified atom stereocenters. The number of benzene rings is 1. The number of rotatable bonds is 5. The lowest BCUT2D eigenvalue weighted by Crippen LogP contribution is -2.47. The predicted molar refractivity (Wildman–Crippen MR) is 78.4 cm³/mol. The highest BCUT2D eigenvalue weighted by molar-refractivity contribution is 7.91. The standard InChI is InChI=1S/C14H19NO5S/c1-2-21(18,19)13-6-4-3-5-12(13)15-7-8-20-10-11(15)9-14(16)17/h3-6,11H,2,7-10H2,1H3,(H,16,17). The highest BCUT2D eigenvalue weighted by atomic mass is 32.2. The van der Waals surface area contributed by atoms with Crippen LogP contribution in [0.5, 0.6) is 0 Å². The molecule has 0 radical (unpaired) electrons. The van der Waals surface area contributed by atoms with Gasteiger partial charge in [0.2, 0.25) is 0 Å². The maximum atomic E-state index is 12.2. The summed E-state index contributed by atoms with van der Waals surface area (Å²) >= 11 is 0. The molecular formula is C14H19NO5S. The number of morpholine rings is 1. The largest absolute Gasteiger partial charge is 0.481 e. The molecular weight excluding hydrogens is 294 g/mol. The van der Waals surface area contributed by atoms with E-state index < -0.39 is 15.8 Å². The Kier molecular flexibility index (Phi) is 4.84. The highest BCUT2D eigenvalue weighted by Gasteiger charge is 2.29. The van der Waals surface area contributed by atoms with Gasteiger partial charge in [-0.25, -0.2) is 8.42 Å². The summed E-state index contributed by atoms with van der Waals surface area (Å²) in [5.41, 5.74) is 0.564. The SMILES string of the molecule is CCS(=O)(=O)c1ccccc1N1CCOCC1CC(=O)O. The van der Waals surface area contributed by atoms with Crippen LogP contribution in [0.15, 0.2) is 29.2 Å². The summed E-state index contributed by atoms with van der Waals surface area (Å²) in [7, 11) is -3.36. The molecule has 6 nitrogen and oxygen atoms in total. The Hall–Kier alpha value is -1.60. The lowest BCUT2D eigenvalue weighted by Gasteiger charge is -2.37. The molecule has 1 aliphatic heterocycles. The minimum atomic E-state index is -3.36. The van der Waals surface area contributed by atoms with Crippen LogP contribution in [0.25, 0.3) is 0 Å². The second-order valence-electron chi connectivity index (χ2n) is 4.89. The maximum absolute atomic E-state index is 12.2. The Bertz CT molecular complexity index is 614. The number of anilines is 1. The summed E-state index contributed by atoms with van der Waals surface area (Å²) in [6.07, 6.45) is -0.0828. The fraction of sp³-hybridized carbons (Fsp3) is 0.500. The molecule has 7 heteroatoms. The minimum Gasteiger partial charge on any atom is -0.481 e. The second kappa shape index (κ2) is 6.44. The quantitative estimate of drug-likeness (QED) is 0.878. The minimum absolute atomic E-state index is 0.0119. The molecule has 1 aliphatic rings. The number of ether oxygens (including phenoxy) is 1. The molecule has 1 N–H and O–H groups in total. The fourth-order valence-electron chi connectivity index (χ4n) is 2.46. The van der Waals surface area contributed by atoms with E-state index in [1.165, 1.54) is 0 Å². The zero-order chi connectivity index (χ0) is 15.5. The Balaban J connectivity index is 2.42. The van der Waals surface area contributed by atoms with Gasteiger partial charge >= 0.3 is 5.97 Å². The van der Waals surface area contributed by atoms with Gasteiger partial charge in [-0.2, -0.15) is 0 Å². The van der Waals surface area contributed by atoms with Crippen molar-refractivity contribution in [2.45, 2.75) is 24.3 Å². The van der Waals surface area contributed by atoms with E-state index in [4.69, 9.17) is 9.84 Å². The van der Waals surface area contributed by atoms with Crippen LogP contribution < -0.4 is 4.90 Å². The number of sulfone groups is 1. The van der Waals surface area contributed by atoms with Crippen molar-refractivity contribution in [2.24, 2.45) is 0 Å². The van der Waals surface area contributed by atoms with Gasteiger partial charge in [0.25, 0.3) is 0 Å². The van der Waals surface area contributed by atoms with Gasteiger partial charge in [0.05, 0.1) is 42.0 Å². The van der Waals surface area contributed by atoms with E-state index in [2.05, 4.69) is 0 Å². The Morgan fingerprint density at radius 3 is 2.81 bits per heavy atom. The summed E-state index contributed by atoms with van der Waals surface area (Å²) < 4.78 is 29.8. The molecule has 2 rings (SSSR count). The van der Waals surface area contributed by atoms with Crippen LogP contribution in [0, 0.1) is 0 Å². The smallest absolute Gasteiger partial charge is 0.305 e. The first kappa shape index (κ1) is 15.8. The zero-order valence-electron chi connectivity index (χ0n) is 11.9. The van der Waals surface area contributed by atoms with Crippen LogP contribution in [-0.2, 0) is 19.4 Å². The van der Waals surface area contributed by atoms with Crippen LogP contribution in [0.3, 0.4) is 0 Å². The average Bonchev–Trinajstić information content (AvgIpc) is 2.47. The van der Waals surface area contributed by atoms with Crippen molar-refractivity contribution in [3.63, 3.8) is 0 Å². The van der Waals surface area contributed by atoms with Crippen molar-refractivity contribution >= 4 is 21.5 Å². The lowest BCUT2D eigenvalue weighted by molar-refractivity contribution is -0.138. The normalized spacial score (nSPS) is 19.5. The van der Waals surface area contributed by atoms with Crippen LogP contribution in [0.2, 0.25) is 0 Å². The van der Waals surface area contributed by atoms with Gasteiger partial charge in [0.15, 0.2) is 9.84 Å². The van der Waals surface area contributed by atoms with Gasteiger partial charge < -0.3 is 14.7 Å². The molecule has 21 heavy (non-hydrogen) atoms. The van der Waals surface area contributed by atoms with Crippen molar-refractivity contribution in [1.82, 2.24) is 0 Å². The monoisotopic (exact) mass is 313 g/mol. The molecule has 116 valence electrons. The number of carboxylic acid groups (broad SMARTS) is 1. The summed E-state index contributed by atoms with van der Waals surface area (Å²) in [6, 6.07) is 6.38. The molecule has 1 atom stereocenters. The van der Waals surface area contributed by atoms with Crippen molar-refractivity contribution in [3.8, 4) is 0 Å². The molecule has 0 aromatic heterocycles. The molecule has 0 spiro atoms. The number of carboxylic acids is 1. The van der Waals surface area contributed by atoms with Gasteiger partial charge in [-0.1, -0.05) is 19.1 Å². The van der Waals surface area contributed by atoms with E-state index in [1.807, 2.05) is 4.90 Å². The van der Waals surface area contributed by atoms with Crippen molar-refractivity contribution < 1.29 is 23.1 Å². The number of hydrogen-bond acceptors (Lipinski definition) is 5. The summed E-state index contributed by atoms with van der Waals surface area (Å²) in [5, 5.41) is 9.01. The number of nitrogens with zero attached hydrogens (tertiary/aromatic N) is 1. The predicted octanol–water partition coefficient (Wildman–Crippen LogP) is 1.16. The van der Waals surface area contributed by atoms with E-state index in [1.54, 1.807) is 31.2 Å². The van der Waals surface area contributed by atoms with Crippen LogP contribution in [0.4, 0.5) is 5.69 Å². The van der Waals surface area contributed by atoms with Crippen LogP contribution in [-0.4, -0.2) is 51.0 Å². The van der Waals surface area contributed by atoms with E-state index in [-0.39, 0.29) is 29.7 Å². The molecule has 1 heterocycles. The molecule has 0 aliphatic carbocycles. The van der Waals surface area contributed by atoms with Crippen LogP contribution >= 0.6 is 0 Å². The Morgan fingerprint density at radius 1 is 1.43 bits per heavy atom. The lowest BCUT2D eigenvalue weighted by atomic mass is 10.1. The Morgan fingerprint density at radius 2 is 2.14 bits per heavy atom. The van der Waals surface area contributed by atoms with Gasteiger partial charge in [-0.05, 0) is 12.1 Å². The van der Waals surface area contributed by atoms with Crippen molar-refractivity contribution in [1.29, 1.82) is 0 Å². The first-order valence-corrected chi connectivity index (χ1v) is 8.49. The van der Waals surface area contributed by atoms with Gasteiger partial charge in [-0.3, -0.25) is 4.79 Å². The number of hydrogen-bond donors (Lipinski definition) is 1. The third kappa shape index (κ3) is 3.54. The Labute approximate surface area is 124 Å². The maximum Gasteiger partial charge on any atom is 0.305 e. The molecule has 1 aromatic rings. The number of carbonyl (C=O) groups is 1. The van der Waals surface area contributed by atoms with E-state index in [0.717, 1.165) is 0 Å². The van der Waals surface area contributed by atoms with Gasteiger partial charge in [-0.15, -0.1) is 0 Å². The average molecular weight is 313 g/mol. The van der Waals surface area contributed by atoms with Gasteiger partial charge in [0, 0.05) is 6.54 Å². The molecule has 0 bridgehead atoms. The summed E-state index contributed by atoms with van der Waals surface area (Å²) in [4.78, 5) is 13.1. The van der Waals surface area contributed by atoms with E-state index >= 15 is 0 Å².